The van der Waals surface area contributed by atoms with Gasteiger partial charge in [-0.05, 0) is 31.4 Å². The van der Waals surface area contributed by atoms with Gasteiger partial charge in [0, 0.05) is 44.4 Å². The number of hydrogen-bond acceptors (Lipinski definition) is 4. The summed E-state index contributed by atoms with van der Waals surface area (Å²) in [5, 5.41) is 9.41. The van der Waals surface area contributed by atoms with Crippen molar-refractivity contribution < 1.29 is 9.84 Å². The van der Waals surface area contributed by atoms with Gasteiger partial charge in [-0.1, -0.05) is 32.0 Å². The van der Waals surface area contributed by atoms with Crippen molar-refractivity contribution in [3.05, 3.63) is 29.8 Å². The van der Waals surface area contributed by atoms with E-state index in [1.807, 2.05) is 12.1 Å². The molecule has 0 bridgehead atoms. The van der Waals surface area contributed by atoms with Crippen molar-refractivity contribution in [2.24, 2.45) is 5.92 Å². The van der Waals surface area contributed by atoms with Crippen LogP contribution in [-0.4, -0.2) is 60.8 Å². The summed E-state index contributed by atoms with van der Waals surface area (Å²) in [6.07, 6.45) is 2.09. The van der Waals surface area contributed by atoms with Crippen molar-refractivity contribution >= 4 is 0 Å². The first kappa shape index (κ1) is 18.2. The van der Waals surface area contributed by atoms with Crippen LogP contribution in [0.3, 0.4) is 0 Å². The fraction of sp³-hybridized carbons (Fsp3) is 0.684. The molecule has 4 nitrogen and oxygen atoms in total. The van der Waals surface area contributed by atoms with Gasteiger partial charge < -0.3 is 9.84 Å². The quantitative estimate of drug-likeness (QED) is 0.799. The van der Waals surface area contributed by atoms with E-state index in [9.17, 15) is 5.11 Å². The van der Waals surface area contributed by atoms with Crippen LogP contribution >= 0.6 is 0 Å². The number of aliphatic hydroxyl groups excluding tert-OH is 1. The van der Waals surface area contributed by atoms with Gasteiger partial charge in [0.2, 0.25) is 0 Å². The smallest absolute Gasteiger partial charge is 0.123 e. The molecule has 0 unspecified atom stereocenters. The minimum atomic E-state index is 0.269. The van der Waals surface area contributed by atoms with Gasteiger partial charge in [-0.25, -0.2) is 0 Å². The number of hydrogen-bond donors (Lipinski definition) is 1. The van der Waals surface area contributed by atoms with E-state index in [0.29, 0.717) is 6.04 Å². The molecular weight excluding hydrogens is 288 g/mol. The topological polar surface area (TPSA) is 35.9 Å². The molecule has 0 saturated carbocycles. The van der Waals surface area contributed by atoms with Crippen LogP contribution in [0.25, 0.3) is 0 Å². The third-order valence-electron chi connectivity index (χ3n) is 4.73. The Morgan fingerprint density at radius 2 is 2.04 bits per heavy atom. The van der Waals surface area contributed by atoms with Crippen molar-refractivity contribution in [2.45, 2.75) is 39.3 Å². The number of ether oxygens (including phenoxy) is 1. The lowest BCUT2D eigenvalue weighted by atomic mass is 10.0. The molecule has 1 heterocycles. The van der Waals surface area contributed by atoms with E-state index in [1.165, 1.54) is 12.0 Å². The average molecular weight is 320 g/mol. The molecule has 4 heteroatoms. The predicted molar refractivity (Wildman–Crippen MR) is 94.8 cm³/mol. The molecule has 1 aromatic carbocycles. The van der Waals surface area contributed by atoms with Crippen molar-refractivity contribution in [1.82, 2.24) is 9.80 Å². The van der Waals surface area contributed by atoms with Crippen LogP contribution in [0.2, 0.25) is 0 Å². The number of aliphatic hydroxyl groups is 1. The molecule has 0 spiro atoms. The Morgan fingerprint density at radius 1 is 1.26 bits per heavy atom. The second-order valence-electron chi connectivity index (χ2n) is 6.93. The van der Waals surface area contributed by atoms with Crippen molar-refractivity contribution in [1.29, 1.82) is 0 Å². The molecule has 0 aromatic heterocycles. The molecule has 1 aromatic rings. The van der Waals surface area contributed by atoms with Crippen molar-refractivity contribution in [2.75, 3.05) is 39.9 Å². The summed E-state index contributed by atoms with van der Waals surface area (Å²) in [4.78, 5) is 5.05. The lowest BCUT2D eigenvalue weighted by Gasteiger charge is -2.42. The molecule has 0 aliphatic carbocycles. The lowest BCUT2D eigenvalue weighted by Crippen LogP contribution is -2.53. The molecule has 1 aliphatic heterocycles. The SMILES string of the molecule is COc1ccccc1CN1CCN(CCC(C)C)[C@H](CCO)C1. The monoisotopic (exact) mass is 320 g/mol. The predicted octanol–water partition coefficient (Wildman–Crippen LogP) is 2.61. The molecule has 1 atom stereocenters. The lowest BCUT2D eigenvalue weighted by molar-refractivity contribution is 0.0520. The summed E-state index contributed by atoms with van der Waals surface area (Å²) in [5.41, 5.74) is 1.24. The van der Waals surface area contributed by atoms with Gasteiger partial charge in [0.15, 0.2) is 0 Å². The van der Waals surface area contributed by atoms with E-state index < -0.39 is 0 Å². The van der Waals surface area contributed by atoms with E-state index in [4.69, 9.17) is 4.74 Å². The van der Waals surface area contributed by atoms with E-state index in [-0.39, 0.29) is 6.61 Å². The molecule has 1 N–H and O–H groups in total. The summed E-state index contributed by atoms with van der Waals surface area (Å²) in [5.74, 6) is 1.70. The zero-order chi connectivity index (χ0) is 16.7. The molecule has 0 amide bonds. The zero-order valence-electron chi connectivity index (χ0n) is 14.9. The highest BCUT2D eigenvalue weighted by molar-refractivity contribution is 5.33. The number of piperazine rings is 1. The van der Waals surface area contributed by atoms with Crippen LogP contribution in [0, 0.1) is 5.92 Å². The normalized spacial score (nSPS) is 20.1. The maximum Gasteiger partial charge on any atom is 0.123 e. The van der Waals surface area contributed by atoms with E-state index in [1.54, 1.807) is 7.11 Å². The first-order chi connectivity index (χ1) is 11.1. The van der Waals surface area contributed by atoms with Gasteiger partial charge in [0.05, 0.1) is 7.11 Å². The van der Waals surface area contributed by atoms with Gasteiger partial charge in [-0.3, -0.25) is 9.80 Å². The van der Waals surface area contributed by atoms with Crippen molar-refractivity contribution in [3.63, 3.8) is 0 Å². The van der Waals surface area contributed by atoms with Gasteiger partial charge in [0.25, 0.3) is 0 Å². The second kappa shape index (κ2) is 9.26. The number of methoxy groups -OCH3 is 1. The third kappa shape index (κ3) is 5.48. The van der Waals surface area contributed by atoms with Crippen LogP contribution in [0.5, 0.6) is 5.75 Å². The standard InChI is InChI=1S/C19H32N2O2/c1-16(2)8-10-21-12-11-20(15-18(21)9-13-22)14-17-6-4-5-7-19(17)23-3/h4-7,16,18,22H,8-15H2,1-3H3/t18-/m1/s1. The Balaban J connectivity index is 1.95. The summed E-state index contributed by atoms with van der Waals surface area (Å²) in [6, 6.07) is 8.72. The zero-order valence-corrected chi connectivity index (χ0v) is 14.9. The molecule has 1 fully saturated rings. The van der Waals surface area contributed by atoms with E-state index in [2.05, 4.69) is 35.8 Å². The van der Waals surface area contributed by atoms with Gasteiger partial charge in [-0.2, -0.15) is 0 Å². The second-order valence-corrected chi connectivity index (χ2v) is 6.93. The first-order valence-corrected chi connectivity index (χ1v) is 8.83. The minimum absolute atomic E-state index is 0.269. The highest BCUT2D eigenvalue weighted by Crippen LogP contribution is 2.22. The number of benzene rings is 1. The fourth-order valence-corrected chi connectivity index (χ4v) is 3.32. The summed E-state index contributed by atoms with van der Waals surface area (Å²) < 4.78 is 5.47. The van der Waals surface area contributed by atoms with Crippen LogP contribution in [-0.2, 0) is 6.54 Å². The van der Waals surface area contributed by atoms with Crippen LogP contribution in [0.15, 0.2) is 24.3 Å². The highest BCUT2D eigenvalue weighted by atomic mass is 16.5. The Hall–Kier alpha value is -1.10. The Kier molecular flexibility index (Phi) is 7.34. The maximum absolute atomic E-state index is 9.41. The number of rotatable bonds is 8. The van der Waals surface area contributed by atoms with Crippen molar-refractivity contribution in [3.8, 4) is 5.75 Å². The van der Waals surface area contributed by atoms with Gasteiger partial charge in [0.1, 0.15) is 5.75 Å². The van der Waals surface area contributed by atoms with Crippen LogP contribution in [0.4, 0.5) is 0 Å². The molecule has 1 saturated heterocycles. The fourth-order valence-electron chi connectivity index (χ4n) is 3.32. The summed E-state index contributed by atoms with van der Waals surface area (Å²) in [7, 11) is 1.73. The average Bonchev–Trinajstić information content (AvgIpc) is 2.55. The Labute approximate surface area is 141 Å². The minimum Gasteiger partial charge on any atom is -0.496 e. The molecule has 1 aliphatic rings. The number of para-hydroxylation sites is 1. The Bertz CT molecular complexity index is 464. The third-order valence-corrected chi connectivity index (χ3v) is 4.73. The molecule has 23 heavy (non-hydrogen) atoms. The molecular formula is C19H32N2O2. The number of nitrogens with zero attached hydrogens (tertiary/aromatic N) is 2. The maximum atomic E-state index is 9.41. The summed E-state index contributed by atoms with van der Waals surface area (Å²) >= 11 is 0. The molecule has 130 valence electrons. The van der Waals surface area contributed by atoms with E-state index >= 15 is 0 Å². The highest BCUT2D eigenvalue weighted by Gasteiger charge is 2.26. The Morgan fingerprint density at radius 3 is 2.74 bits per heavy atom. The van der Waals surface area contributed by atoms with Gasteiger partial charge >= 0.3 is 0 Å². The van der Waals surface area contributed by atoms with Crippen LogP contribution < -0.4 is 4.74 Å². The molecule has 0 radical (unpaired) electrons. The largest absolute Gasteiger partial charge is 0.496 e. The summed E-state index contributed by atoms with van der Waals surface area (Å²) in [6.45, 7) is 10.1. The van der Waals surface area contributed by atoms with Gasteiger partial charge in [-0.15, -0.1) is 0 Å². The molecule has 2 rings (SSSR count). The van der Waals surface area contributed by atoms with E-state index in [0.717, 1.165) is 50.8 Å². The van der Waals surface area contributed by atoms with Crippen LogP contribution in [0.1, 0.15) is 32.3 Å². The first-order valence-electron chi connectivity index (χ1n) is 8.83.